The first-order chi connectivity index (χ1) is 16.4. The summed E-state index contributed by atoms with van der Waals surface area (Å²) in [4.78, 5) is 38.1. The SMILES string of the molecule is C[C@@H](C(=O)O)N(C)C(=O)CC(NC(=O)OCC1c2ccccc2-c2ccccc21)C1CCCC1. The molecule has 0 bridgehead atoms. The van der Waals surface area contributed by atoms with Crippen molar-refractivity contribution in [3.8, 4) is 11.1 Å². The van der Waals surface area contributed by atoms with Gasteiger partial charge in [0.25, 0.3) is 0 Å². The van der Waals surface area contributed by atoms with E-state index in [2.05, 4.69) is 29.6 Å². The molecule has 1 unspecified atom stereocenters. The topological polar surface area (TPSA) is 95.9 Å². The Balaban J connectivity index is 1.42. The number of carbonyl (C=O) groups excluding carboxylic acids is 2. The Hall–Kier alpha value is -3.35. The molecule has 1 saturated carbocycles. The summed E-state index contributed by atoms with van der Waals surface area (Å²) in [6.07, 6.45) is 3.50. The second-order valence-electron chi connectivity index (χ2n) is 9.34. The van der Waals surface area contributed by atoms with Crippen molar-refractivity contribution < 1.29 is 24.2 Å². The van der Waals surface area contributed by atoms with E-state index < -0.39 is 18.1 Å². The highest BCUT2D eigenvalue weighted by Gasteiger charge is 2.33. The Morgan fingerprint density at radius 2 is 1.59 bits per heavy atom. The van der Waals surface area contributed by atoms with E-state index in [-0.39, 0.29) is 36.8 Å². The molecule has 2 aromatic carbocycles. The van der Waals surface area contributed by atoms with Gasteiger partial charge in [-0.1, -0.05) is 61.4 Å². The summed E-state index contributed by atoms with van der Waals surface area (Å²) < 4.78 is 5.69. The number of rotatable bonds is 8. The highest BCUT2D eigenvalue weighted by atomic mass is 16.5. The molecule has 2 atom stereocenters. The van der Waals surface area contributed by atoms with E-state index >= 15 is 0 Å². The van der Waals surface area contributed by atoms with Crippen LogP contribution in [0.15, 0.2) is 48.5 Å². The number of hydrogen-bond acceptors (Lipinski definition) is 4. The van der Waals surface area contributed by atoms with Crippen molar-refractivity contribution >= 4 is 18.0 Å². The molecule has 0 saturated heterocycles. The van der Waals surface area contributed by atoms with E-state index in [0.717, 1.165) is 47.9 Å². The van der Waals surface area contributed by atoms with Crippen molar-refractivity contribution in [1.29, 1.82) is 0 Å². The highest BCUT2D eigenvalue weighted by molar-refractivity contribution is 5.84. The van der Waals surface area contributed by atoms with Gasteiger partial charge in [0.2, 0.25) is 5.91 Å². The first-order valence-electron chi connectivity index (χ1n) is 12.0. The lowest BCUT2D eigenvalue weighted by Crippen LogP contribution is -2.46. The number of carbonyl (C=O) groups is 3. The maximum Gasteiger partial charge on any atom is 0.407 e. The van der Waals surface area contributed by atoms with E-state index in [1.54, 1.807) is 0 Å². The van der Waals surface area contributed by atoms with Crippen LogP contribution in [-0.2, 0) is 14.3 Å². The molecule has 34 heavy (non-hydrogen) atoms. The third-order valence-corrected chi connectivity index (χ3v) is 7.34. The van der Waals surface area contributed by atoms with Gasteiger partial charge in [-0.3, -0.25) is 4.79 Å². The van der Waals surface area contributed by atoms with Gasteiger partial charge in [-0.25, -0.2) is 9.59 Å². The molecular formula is C27H32N2O5. The molecule has 0 aromatic heterocycles. The number of benzene rings is 2. The third kappa shape index (κ3) is 4.93. The summed E-state index contributed by atoms with van der Waals surface area (Å²) in [5.74, 6) is -1.21. The molecule has 0 aliphatic heterocycles. The molecule has 2 aliphatic carbocycles. The minimum atomic E-state index is -1.06. The lowest BCUT2D eigenvalue weighted by Gasteiger charge is -2.28. The molecule has 2 amide bonds. The Labute approximate surface area is 200 Å². The van der Waals surface area contributed by atoms with Crippen molar-refractivity contribution in [2.75, 3.05) is 13.7 Å². The lowest BCUT2D eigenvalue weighted by molar-refractivity contribution is -0.148. The number of nitrogens with zero attached hydrogens (tertiary/aromatic N) is 1. The molecule has 2 aromatic rings. The van der Waals surface area contributed by atoms with E-state index in [1.165, 1.54) is 18.9 Å². The zero-order valence-corrected chi connectivity index (χ0v) is 19.7. The van der Waals surface area contributed by atoms with Crippen molar-refractivity contribution in [3.05, 3.63) is 59.7 Å². The number of amides is 2. The molecule has 180 valence electrons. The fourth-order valence-corrected chi connectivity index (χ4v) is 5.20. The molecule has 7 heteroatoms. The van der Waals surface area contributed by atoms with Crippen LogP contribution in [0.2, 0.25) is 0 Å². The summed E-state index contributed by atoms with van der Waals surface area (Å²) in [5.41, 5.74) is 4.61. The van der Waals surface area contributed by atoms with Gasteiger partial charge in [0.1, 0.15) is 12.6 Å². The van der Waals surface area contributed by atoms with Gasteiger partial charge in [0.15, 0.2) is 0 Å². The number of nitrogens with one attached hydrogen (secondary N) is 1. The fraction of sp³-hybridized carbons (Fsp3) is 0.444. The largest absolute Gasteiger partial charge is 0.480 e. The molecule has 0 radical (unpaired) electrons. The molecule has 2 N–H and O–H groups in total. The molecule has 0 spiro atoms. The zero-order valence-electron chi connectivity index (χ0n) is 19.7. The smallest absolute Gasteiger partial charge is 0.407 e. The van der Waals surface area contributed by atoms with Crippen LogP contribution in [0.5, 0.6) is 0 Å². The summed E-state index contributed by atoms with van der Waals surface area (Å²) in [7, 11) is 1.49. The number of fused-ring (bicyclic) bond motifs is 3. The summed E-state index contributed by atoms with van der Waals surface area (Å²) in [5, 5.41) is 12.2. The van der Waals surface area contributed by atoms with Gasteiger partial charge >= 0.3 is 12.1 Å². The zero-order chi connectivity index (χ0) is 24.2. The minimum Gasteiger partial charge on any atom is -0.480 e. The first-order valence-corrected chi connectivity index (χ1v) is 12.0. The standard InChI is InChI=1S/C27H32N2O5/c1-17(26(31)32)29(2)25(30)15-24(18-9-3-4-10-18)28-27(33)34-16-23-21-13-7-5-11-19(21)20-12-6-8-14-22(20)23/h5-8,11-14,17-18,23-24H,3-4,9-10,15-16H2,1-2H3,(H,28,33)(H,31,32)/t17-,24?/m0/s1. The Morgan fingerprint density at radius 1 is 1.03 bits per heavy atom. The Bertz CT molecular complexity index is 1020. The first kappa shape index (κ1) is 23.8. The van der Waals surface area contributed by atoms with Crippen LogP contribution in [0.25, 0.3) is 11.1 Å². The number of carboxylic acids is 1. The second-order valence-corrected chi connectivity index (χ2v) is 9.34. The number of likely N-dealkylation sites (N-methyl/N-ethyl adjacent to an activating group) is 1. The van der Waals surface area contributed by atoms with Gasteiger partial charge in [0, 0.05) is 25.4 Å². The predicted molar refractivity (Wildman–Crippen MR) is 128 cm³/mol. The van der Waals surface area contributed by atoms with Crippen LogP contribution in [0.1, 0.15) is 56.1 Å². The maximum absolute atomic E-state index is 12.8. The molecule has 7 nitrogen and oxygen atoms in total. The average Bonchev–Trinajstić information content (AvgIpc) is 3.48. The van der Waals surface area contributed by atoms with Crippen LogP contribution < -0.4 is 5.32 Å². The number of ether oxygens (including phenoxy) is 1. The minimum absolute atomic E-state index is 0.0349. The Morgan fingerprint density at radius 3 is 2.15 bits per heavy atom. The molecule has 4 rings (SSSR count). The van der Waals surface area contributed by atoms with Gasteiger partial charge in [-0.05, 0) is 47.9 Å². The summed E-state index contributed by atoms with van der Waals surface area (Å²) in [6.45, 7) is 1.69. The highest BCUT2D eigenvalue weighted by Crippen LogP contribution is 2.44. The Kier molecular flexibility index (Phi) is 7.20. The predicted octanol–water partition coefficient (Wildman–Crippen LogP) is 4.41. The van der Waals surface area contributed by atoms with Crippen molar-refractivity contribution in [1.82, 2.24) is 10.2 Å². The van der Waals surface area contributed by atoms with Gasteiger partial charge in [0.05, 0.1) is 0 Å². The monoisotopic (exact) mass is 464 g/mol. The number of alkyl carbamates (subject to hydrolysis) is 1. The quantitative estimate of drug-likeness (QED) is 0.604. The number of aliphatic carboxylic acids is 1. The number of carboxylic acid groups (broad SMARTS) is 1. The van der Waals surface area contributed by atoms with Crippen LogP contribution in [0.4, 0.5) is 4.79 Å². The summed E-state index contributed by atoms with van der Waals surface area (Å²) in [6, 6.07) is 15.0. The molecular weight excluding hydrogens is 432 g/mol. The molecule has 0 heterocycles. The average molecular weight is 465 g/mol. The van der Waals surface area contributed by atoms with Gasteiger partial charge in [-0.15, -0.1) is 0 Å². The summed E-state index contributed by atoms with van der Waals surface area (Å²) >= 11 is 0. The normalized spacial score (nSPS) is 16.9. The van der Waals surface area contributed by atoms with E-state index in [1.807, 2.05) is 24.3 Å². The van der Waals surface area contributed by atoms with E-state index in [4.69, 9.17) is 4.74 Å². The lowest BCUT2D eigenvalue weighted by atomic mass is 9.94. The van der Waals surface area contributed by atoms with Crippen molar-refractivity contribution in [2.24, 2.45) is 5.92 Å². The maximum atomic E-state index is 12.8. The van der Waals surface area contributed by atoms with Crippen molar-refractivity contribution in [3.63, 3.8) is 0 Å². The fourth-order valence-electron chi connectivity index (χ4n) is 5.20. The van der Waals surface area contributed by atoms with E-state index in [9.17, 15) is 19.5 Å². The van der Waals surface area contributed by atoms with Crippen LogP contribution in [0.3, 0.4) is 0 Å². The van der Waals surface area contributed by atoms with E-state index in [0.29, 0.717) is 0 Å². The van der Waals surface area contributed by atoms with Gasteiger partial charge in [-0.2, -0.15) is 0 Å². The van der Waals surface area contributed by atoms with Crippen LogP contribution in [-0.4, -0.2) is 53.7 Å². The second kappa shape index (κ2) is 10.3. The van der Waals surface area contributed by atoms with Gasteiger partial charge < -0.3 is 20.1 Å². The molecule has 2 aliphatic rings. The molecule has 1 fully saturated rings. The van der Waals surface area contributed by atoms with Crippen LogP contribution >= 0.6 is 0 Å². The third-order valence-electron chi connectivity index (χ3n) is 7.34. The van der Waals surface area contributed by atoms with Crippen LogP contribution in [0, 0.1) is 5.92 Å². The number of hydrogen-bond donors (Lipinski definition) is 2. The van der Waals surface area contributed by atoms with Crippen molar-refractivity contribution in [2.45, 2.75) is 57.0 Å².